The Hall–Kier alpha value is -1.11. The Labute approximate surface area is 122 Å². The van der Waals surface area contributed by atoms with Crippen LogP contribution >= 0.6 is 11.6 Å². The van der Waals surface area contributed by atoms with E-state index in [1.807, 2.05) is 0 Å². The van der Waals surface area contributed by atoms with Crippen molar-refractivity contribution in [1.29, 1.82) is 0 Å². The van der Waals surface area contributed by atoms with Crippen molar-refractivity contribution in [2.45, 2.75) is 18.1 Å². The number of carboxylic acids is 1. The van der Waals surface area contributed by atoms with Crippen LogP contribution in [0.3, 0.4) is 0 Å². The first kappa shape index (κ1) is 15.3. The highest BCUT2D eigenvalue weighted by Crippen LogP contribution is 2.62. The van der Waals surface area contributed by atoms with Crippen molar-refractivity contribution in [2.75, 3.05) is 12.3 Å². The van der Waals surface area contributed by atoms with Gasteiger partial charge in [-0.1, -0.05) is 30.7 Å². The van der Waals surface area contributed by atoms with Gasteiger partial charge in [-0.05, 0) is 17.7 Å². The van der Waals surface area contributed by atoms with E-state index in [1.54, 1.807) is 24.3 Å². The Morgan fingerprint density at radius 2 is 1.95 bits per heavy atom. The molecule has 0 aromatic heterocycles. The smallest absolute Gasteiger partial charge is 0.312 e. The van der Waals surface area contributed by atoms with Gasteiger partial charge in [-0.25, -0.2) is 8.42 Å². The first-order valence-corrected chi connectivity index (χ1v) is 8.31. The summed E-state index contributed by atoms with van der Waals surface area (Å²) in [6, 6.07) is 6.55. The molecule has 1 saturated carbocycles. The molecular formula is C13H16ClNO4S. The molecule has 1 aromatic carbocycles. The first-order valence-electron chi connectivity index (χ1n) is 6.21. The molecule has 5 nitrogen and oxygen atoms in total. The summed E-state index contributed by atoms with van der Waals surface area (Å²) in [5, 5.41) is 8.99. The summed E-state index contributed by atoms with van der Waals surface area (Å²) in [6.07, 6.45) is 0. The summed E-state index contributed by atoms with van der Waals surface area (Å²) in [5.74, 6) is -1.88. The fraction of sp³-hybridized carbons (Fsp3) is 0.462. The van der Waals surface area contributed by atoms with Crippen LogP contribution in [0.2, 0.25) is 5.02 Å². The van der Waals surface area contributed by atoms with Gasteiger partial charge in [0.25, 0.3) is 0 Å². The van der Waals surface area contributed by atoms with E-state index in [4.69, 9.17) is 17.3 Å². The van der Waals surface area contributed by atoms with E-state index in [0.29, 0.717) is 10.6 Å². The molecule has 3 atom stereocenters. The Kier molecular flexibility index (Phi) is 3.83. The van der Waals surface area contributed by atoms with Crippen LogP contribution in [-0.4, -0.2) is 37.0 Å². The first-order chi connectivity index (χ1) is 9.31. The molecule has 0 spiro atoms. The number of nitrogens with two attached hydrogens (primary N) is 1. The average Bonchev–Trinajstić information content (AvgIpc) is 3.11. The van der Waals surface area contributed by atoms with Crippen LogP contribution in [0.5, 0.6) is 0 Å². The topological polar surface area (TPSA) is 97.5 Å². The third kappa shape index (κ3) is 2.12. The zero-order chi connectivity index (χ0) is 15.1. The monoisotopic (exact) mass is 317 g/mol. The lowest BCUT2D eigenvalue weighted by Crippen LogP contribution is -2.32. The van der Waals surface area contributed by atoms with Crippen molar-refractivity contribution in [3.05, 3.63) is 34.9 Å². The van der Waals surface area contributed by atoms with Gasteiger partial charge < -0.3 is 10.8 Å². The summed E-state index contributed by atoms with van der Waals surface area (Å²) in [6.45, 7) is 1.30. The predicted molar refractivity (Wildman–Crippen MR) is 76.6 cm³/mol. The molecule has 2 rings (SSSR count). The Morgan fingerprint density at radius 3 is 2.35 bits per heavy atom. The summed E-state index contributed by atoms with van der Waals surface area (Å²) in [7, 11) is -3.49. The maximum Gasteiger partial charge on any atom is 0.312 e. The van der Waals surface area contributed by atoms with Gasteiger partial charge in [0, 0.05) is 23.2 Å². The zero-order valence-corrected chi connectivity index (χ0v) is 12.5. The molecule has 0 bridgehead atoms. The van der Waals surface area contributed by atoms with Crippen LogP contribution < -0.4 is 5.73 Å². The molecule has 3 N–H and O–H groups in total. The molecule has 110 valence electrons. The third-order valence-electron chi connectivity index (χ3n) is 4.01. The van der Waals surface area contributed by atoms with Gasteiger partial charge in [-0.15, -0.1) is 0 Å². The van der Waals surface area contributed by atoms with Gasteiger partial charge in [0.15, 0.2) is 9.84 Å². The van der Waals surface area contributed by atoms with Gasteiger partial charge >= 0.3 is 5.97 Å². The highest BCUT2D eigenvalue weighted by atomic mass is 35.5. The molecule has 7 heteroatoms. The Bertz CT molecular complexity index is 628. The number of carbonyl (C=O) groups is 1. The predicted octanol–water partition coefficient (Wildman–Crippen LogP) is 1.27. The third-order valence-corrected chi connectivity index (χ3v) is 6.53. The molecule has 0 radical (unpaired) electrons. The van der Waals surface area contributed by atoms with Crippen LogP contribution in [0.25, 0.3) is 0 Å². The molecule has 0 saturated heterocycles. The van der Waals surface area contributed by atoms with Crippen LogP contribution in [0, 0.1) is 5.41 Å². The molecule has 0 aliphatic heterocycles. The second-order valence-electron chi connectivity index (χ2n) is 4.95. The van der Waals surface area contributed by atoms with Crippen LogP contribution in [0.4, 0.5) is 0 Å². The second-order valence-corrected chi connectivity index (χ2v) is 7.80. The summed E-state index contributed by atoms with van der Waals surface area (Å²) in [4.78, 5) is 11.6. The van der Waals surface area contributed by atoms with Gasteiger partial charge in [0.2, 0.25) is 0 Å². The van der Waals surface area contributed by atoms with Crippen molar-refractivity contribution in [3.8, 4) is 0 Å². The van der Waals surface area contributed by atoms with Crippen molar-refractivity contribution >= 4 is 27.4 Å². The molecule has 0 amide bonds. The Morgan fingerprint density at radius 1 is 1.40 bits per heavy atom. The Balaban J connectivity index is 2.50. The minimum atomic E-state index is -3.49. The molecule has 1 aromatic rings. The quantitative estimate of drug-likeness (QED) is 0.852. The SMILES string of the molecule is CCS(=O)(=O)[C@@H]1[C@@H](c2ccc(Cl)cc2)[C@@]1(CN)C(=O)O. The van der Waals surface area contributed by atoms with E-state index in [2.05, 4.69) is 0 Å². The number of rotatable bonds is 5. The minimum absolute atomic E-state index is 0.100. The molecule has 1 aliphatic rings. The van der Waals surface area contributed by atoms with Gasteiger partial charge in [-0.2, -0.15) is 0 Å². The van der Waals surface area contributed by atoms with E-state index in [9.17, 15) is 18.3 Å². The molecular weight excluding hydrogens is 302 g/mol. The van der Waals surface area contributed by atoms with E-state index in [-0.39, 0.29) is 12.3 Å². The molecule has 0 heterocycles. The van der Waals surface area contributed by atoms with Crippen LogP contribution in [0.15, 0.2) is 24.3 Å². The molecule has 0 unspecified atom stereocenters. The van der Waals surface area contributed by atoms with Gasteiger partial charge in [0.05, 0.1) is 5.25 Å². The lowest BCUT2D eigenvalue weighted by Gasteiger charge is -2.09. The van der Waals surface area contributed by atoms with E-state index < -0.39 is 32.4 Å². The lowest BCUT2D eigenvalue weighted by molar-refractivity contribution is -0.143. The van der Waals surface area contributed by atoms with Crippen molar-refractivity contribution in [2.24, 2.45) is 11.1 Å². The second kappa shape index (κ2) is 5.02. The number of aliphatic carboxylic acids is 1. The van der Waals surface area contributed by atoms with Crippen molar-refractivity contribution < 1.29 is 18.3 Å². The van der Waals surface area contributed by atoms with E-state index in [0.717, 1.165) is 0 Å². The summed E-state index contributed by atoms with van der Waals surface area (Å²) < 4.78 is 24.3. The number of halogens is 1. The molecule has 1 aliphatic carbocycles. The number of hydrogen-bond acceptors (Lipinski definition) is 4. The maximum absolute atomic E-state index is 12.1. The van der Waals surface area contributed by atoms with Gasteiger partial charge in [-0.3, -0.25) is 4.79 Å². The summed E-state index contributed by atoms with van der Waals surface area (Å²) >= 11 is 5.80. The standard InChI is InChI=1S/C13H16ClNO4S/c1-2-20(18,19)11-10(13(11,7-15)12(16)17)8-3-5-9(14)6-4-8/h3-6,10-11H,2,7,15H2,1H3,(H,16,17)/t10-,11-,13-/m1/s1. The fourth-order valence-electron chi connectivity index (χ4n) is 2.84. The highest BCUT2D eigenvalue weighted by Gasteiger charge is 2.74. The molecule has 1 fully saturated rings. The maximum atomic E-state index is 12.1. The minimum Gasteiger partial charge on any atom is -0.481 e. The summed E-state index contributed by atoms with van der Waals surface area (Å²) in [5.41, 5.74) is 4.81. The average molecular weight is 318 g/mol. The lowest BCUT2D eigenvalue weighted by atomic mass is 9.99. The number of sulfone groups is 1. The fourth-order valence-corrected chi connectivity index (χ4v) is 5.05. The zero-order valence-electron chi connectivity index (χ0n) is 10.9. The van der Waals surface area contributed by atoms with Crippen molar-refractivity contribution in [3.63, 3.8) is 0 Å². The largest absolute Gasteiger partial charge is 0.481 e. The number of benzene rings is 1. The normalized spacial score (nSPS) is 29.1. The van der Waals surface area contributed by atoms with Crippen LogP contribution in [0.1, 0.15) is 18.4 Å². The number of carboxylic acid groups (broad SMARTS) is 1. The van der Waals surface area contributed by atoms with E-state index in [1.165, 1.54) is 6.92 Å². The van der Waals surface area contributed by atoms with Gasteiger partial charge in [0.1, 0.15) is 5.41 Å². The van der Waals surface area contributed by atoms with Crippen molar-refractivity contribution in [1.82, 2.24) is 0 Å². The highest BCUT2D eigenvalue weighted by molar-refractivity contribution is 7.92. The van der Waals surface area contributed by atoms with E-state index >= 15 is 0 Å². The molecule has 20 heavy (non-hydrogen) atoms. The van der Waals surface area contributed by atoms with Crippen LogP contribution in [-0.2, 0) is 14.6 Å². The number of hydrogen-bond donors (Lipinski definition) is 2.